The van der Waals surface area contributed by atoms with Gasteiger partial charge in [0.05, 0.1) is 40.8 Å². The largest absolute Gasteiger partial charge is 0.453 e. The number of alkyl carbamates (subject to hydrolysis) is 1. The molecule has 2 aliphatic carbocycles. The highest BCUT2D eigenvalue weighted by Crippen LogP contribution is 2.56. The fourth-order valence-corrected chi connectivity index (χ4v) is 8.86. The Labute approximate surface area is 328 Å². The molecular formula is C45H41N7O5. The van der Waals surface area contributed by atoms with E-state index < -0.39 is 18.2 Å². The highest BCUT2D eigenvalue weighted by Gasteiger charge is 2.59. The summed E-state index contributed by atoms with van der Waals surface area (Å²) in [5.41, 5.74) is 6.56. The summed E-state index contributed by atoms with van der Waals surface area (Å²) in [6.45, 7) is 8.18. The van der Waals surface area contributed by atoms with Crippen molar-refractivity contribution < 1.29 is 24.0 Å². The molecule has 4 fully saturated rings. The number of aromatic amines is 2. The standard InChI is InChI=1S/C45H41N7O5/c1-23(2)38(50-45(55)56-4)43(53)51-36-22-31(36)24(3)40(51)42-46-32-16-13-26(19-34(32)48-42)11-10-25-12-15-30-28(18-25)14-17-33-39(30)49-41(47-33)37-21-29-20-35(29)52(37)57-44(54)27-8-6-5-7-9-27/h5-9,12-19,23,29,31,35-38,40H,3,20-22H2,1-2,4H3,(H,46,48)(H,47,49)(H,50,55)/t29?,31?,35-,36?,37+,38+,40+/m1/s1. The van der Waals surface area contributed by atoms with Gasteiger partial charge in [-0.2, -0.15) is 0 Å². The van der Waals surface area contributed by atoms with Crippen LogP contribution in [0, 0.1) is 29.6 Å². The van der Waals surface area contributed by atoms with Crippen LogP contribution in [0.1, 0.15) is 78.3 Å². The lowest BCUT2D eigenvalue weighted by molar-refractivity contribution is -0.136. The average molecular weight is 760 g/mol. The number of methoxy groups -OCH3 is 1. The summed E-state index contributed by atoms with van der Waals surface area (Å²) in [7, 11) is 1.29. The second-order valence-electron chi connectivity index (χ2n) is 16.0. The van der Waals surface area contributed by atoms with Crippen LogP contribution in [0.3, 0.4) is 0 Å². The summed E-state index contributed by atoms with van der Waals surface area (Å²) >= 11 is 0. The Morgan fingerprint density at radius 3 is 2.44 bits per heavy atom. The number of rotatable bonds is 7. The lowest BCUT2D eigenvalue weighted by Crippen LogP contribution is -2.52. The van der Waals surface area contributed by atoms with Crippen LogP contribution in [0.5, 0.6) is 0 Å². The van der Waals surface area contributed by atoms with Crippen molar-refractivity contribution in [2.75, 3.05) is 7.11 Å². The Morgan fingerprint density at radius 1 is 0.877 bits per heavy atom. The molecule has 4 aromatic carbocycles. The number of piperidine rings is 2. The SMILES string of the molecule is C=C1C2CC2N(C(=O)[C@@H](NC(=O)OC)C(C)C)[C@@H]1c1nc2ccc(C#Cc3ccc4c(ccc5[nH]c([C@@H]6CC7C[C@H]7N6OC(=O)c6ccccc6)nc54)c3)cc2[nH]1. The van der Waals surface area contributed by atoms with Gasteiger partial charge in [-0.05, 0) is 90.6 Å². The van der Waals surface area contributed by atoms with Crippen molar-refractivity contribution in [2.45, 2.75) is 63.3 Å². The zero-order chi connectivity index (χ0) is 39.1. The summed E-state index contributed by atoms with van der Waals surface area (Å²) in [4.78, 5) is 63.7. The number of H-pyrrole nitrogens is 2. The summed E-state index contributed by atoms with van der Waals surface area (Å²) < 4.78 is 4.81. The van der Waals surface area contributed by atoms with Crippen LogP contribution >= 0.6 is 0 Å². The Hall–Kier alpha value is -6.45. The number of benzene rings is 4. The van der Waals surface area contributed by atoms with E-state index in [0.29, 0.717) is 17.3 Å². The van der Waals surface area contributed by atoms with E-state index in [0.717, 1.165) is 74.6 Å². The fourth-order valence-electron chi connectivity index (χ4n) is 8.86. The molecule has 0 spiro atoms. The molecule has 286 valence electrons. The monoisotopic (exact) mass is 759 g/mol. The highest BCUT2D eigenvalue weighted by atomic mass is 16.7. The van der Waals surface area contributed by atoms with Crippen molar-refractivity contribution in [1.82, 2.24) is 35.2 Å². The number of likely N-dealkylation sites (tertiary alicyclic amines) is 1. The van der Waals surface area contributed by atoms with E-state index in [4.69, 9.17) is 19.5 Å². The summed E-state index contributed by atoms with van der Waals surface area (Å²) in [5, 5.41) is 6.62. The van der Waals surface area contributed by atoms with Gasteiger partial charge in [0.2, 0.25) is 5.91 Å². The lowest BCUT2D eigenvalue weighted by atomic mass is 10.0. The van der Waals surface area contributed by atoms with Gasteiger partial charge in [0.25, 0.3) is 0 Å². The number of imidazole rings is 2. The summed E-state index contributed by atoms with van der Waals surface area (Å²) in [5.74, 6) is 8.15. The average Bonchev–Trinajstić information content (AvgIpc) is 3.98. The van der Waals surface area contributed by atoms with Gasteiger partial charge < -0.3 is 29.8 Å². The molecule has 2 aromatic heterocycles. The number of hydrogen-bond acceptors (Lipinski definition) is 8. The Morgan fingerprint density at radius 2 is 1.65 bits per heavy atom. The molecule has 0 radical (unpaired) electrons. The van der Waals surface area contributed by atoms with E-state index in [2.05, 4.69) is 51.9 Å². The lowest BCUT2D eigenvalue weighted by Gasteiger charge is -2.32. The van der Waals surface area contributed by atoms with Crippen molar-refractivity contribution in [2.24, 2.45) is 17.8 Å². The van der Waals surface area contributed by atoms with E-state index >= 15 is 0 Å². The number of fused-ring (bicyclic) bond motifs is 6. The second kappa shape index (κ2) is 13.3. The number of aromatic nitrogens is 4. The molecule has 4 heterocycles. The number of carbonyl (C=O) groups is 3. The number of nitrogens with one attached hydrogen (secondary N) is 3. The minimum absolute atomic E-state index is 0.0401. The van der Waals surface area contributed by atoms with Crippen LogP contribution in [-0.4, -0.2) is 73.1 Å². The molecule has 4 aliphatic rings. The summed E-state index contributed by atoms with van der Waals surface area (Å²) in [6, 6.07) is 24.2. The van der Waals surface area contributed by atoms with E-state index in [-0.39, 0.29) is 41.8 Å². The van der Waals surface area contributed by atoms with E-state index in [1.54, 1.807) is 12.1 Å². The second-order valence-corrected chi connectivity index (χ2v) is 16.0. The maximum absolute atomic E-state index is 13.9. The number of nitrogens with zero attached hydrogens (tertiary/aromatic N) is 4. The maximum atomic E-state index is 13.9. The third-order valence-electron chi connectivity index (χ3n) is 12.0. The predicted molar refractivity (Wildman–Crippen MR) is 213 cm³/mol. The molecule has 2 saturated heterocycles. The summed E-state index contributed by atoms with van der Waals surface area (Å²) in [6.07, 6.45) is 2.14. The highest BCUT2D eigenvalue weighted by molar-refractivity contribution is 6.04. The fraction of sp³-hybridized carbons (Fsp3) is 0.311. The zero-order valence-electron chi connectivity index (χ0n) is 31.8. The van der Waals surface area contributed by atoms with Crippen molar-refractivity contribution in [3.05, 3.63) is 119 Å². The van der Waals surface area contributed by atoms with Crippen LogP contribution < -0.4 is 5.32 Å². The number of amides is 2. The van der Waals surface area contributed by atoms with Gasteiger partial charge in [0.15, 0.2) is 0 Å². The maximum Gasteiger partial charge on any atom is 0.407 e. The molecule has 12 nitrogen and oxygen atoms in total. The minimum Gasteiger partial charge on any atom is -0.453 e. The van der Waals surface area contributed by atoms with Gasteiger partial charge in [-0.1, -0.05) is 62.6 Å². The first-order valence-corrected chi connectivity index (χ1v) is 19.5. The van der Waals surface area contributed by atoms with Gasteiger partial charge in [0.1, 0.15) is 29.8 Å². The Bertz CT molecular complexity index is 2710. The van der Waals surface area contributed by atoms with Gasteiger partial charge in [0, 0.05) is 28.5 Å². The van der Waals surface area contributed by atoms with Gasteiger partial charge in [-0.15, -0.1) is 5.06 Å². The van der Waals surface area contributed by atoms with Crippen LogP contribution in [0.25, 0.3) is 32.8 Å². The number of carbonyl (C=O) groups excluding carboxylic acids is 3. The van der Waals surface area contributed by atoms with Crippen LogP contribution in [-0.2, 0) is 14.4 Å². The van der Waals surface area contributed by atoms with Crippen LogP contribution in [0.4, 0.5) is 4.79 Å². The molecule has 3 N–H and O–H groups in total. The number of hydrogen-bond donors (Lipinski definition) is 3. The molecule has 6 aromatic rings. The first-order chi connectivity index (χ1) is 27.6. The molecular weight excluding hydrogens is 719 g/mol. The molecule has 2 saturated carbocycles. The predicted octanol–water partition coefficient (Wildman–Crippen LogP) is 7.11. The molecule has 2 aliphatic heterocycles. The van der Waals surface area contributed by atoms with Crippen LogP contribution in [0.15, 0.2) is 91.0 Å². The van der Waals surface area contributed by atoms with Crippen molar-refractivity contribution in [3.8, 4) is 11.8 Å². The minimum atomic E-state index is -0.733. The first kappa shape index (κ1) is 35.0. The molecule has 3 unspecified atom stereocenters. The Balaban J connectivity index is 0.880. The topological polar surface area (TPSA) is 146 Å². The van der Waals surface area contributed by atoms with Gasteiger partial charge >= 0.3 is 12.1 Å². The van der Waals surface area contributed by atoms with E-state index in [1.165, 1.54) is 7.11 Å². The van der Waals surface area contributed by atoms with Crippen molar-refractivity contribution in [3.63, 3.8) is 0 Å². The first-order valence-electron chi connectivity index (χ1n) is 19.5. The molecule has 0 bridgehead atoms. The molecule has 7 atom stereocenters. The van der Waals surface area contributed by atoms with Gasteiger partial charge in [-0.3, -0.25) is 4.79 Å². The van der Waals surface area contributed by atoms with E-state index in [9.17, 15) is 14.4 Å². The number of hydroxylamine groups is 2. The van der Waals surface area contributed by atoms with Gasteiger partial charge in [-0.25, -0.2) is 19.6 Å². The van der Waals surface area contributed by atoms with E-state index in [1.807, 2.05) is 72.3 Å². The smallest absolute Gasteiger partial charge is 0.407 e. The zero-order valence-corrected chi connectivity index (χ0v) is 31.8. The third kappa shape index (κ3) is 6.10. The Kier molecular flexibility index (Phi) is 8.19. The van der Waals surface area contributed by atoms with Crippen LogP contribution in [0.2, 0.25) is 0 Å². The molecule has 57 heavy (non-hydrogen) atoms. The molecule has 12 heteroatoms. The van der Waals surface area contributed by atoms with Crippen molar-refractivity contribution in [1.29, 1.82) is 0 Å². The van der Waals surface area contributed by atoms with Crippen molar-refractivity contribution >= 4 is 50.8 Å². The normalized spacial score (nSPS) is 23.9. The molecule has 2 amide bonds. The third-order valence-corrected chi connectivity index (χ3v) is 12.0. The quantitative estimate of drug-likeness (QED) is 0.115. The molecule has 10 rings (SSSR count). The number of ether oxygens (including phenoxy) is 1.